The average molecular weight is 284 g/mol. The van der Waals surface area contributed by atoms with E-state index in [1.807, 2.05) is 6.92 Å². The maximum Gasteiger partial charge on any atom is 0.305 e. The summed E-state index contributed by atoms with van der Waals surface area (Å²) in [6, 6.07) is 0. The molecule has 0 saturated carbocycles. The molecule has 0 radical (unpaired) electrons. The van der Waals surface area contributed by atoms with Crippen LogP contribution in [0.2, 0.25) is 0 Å². The summed E-state index contributed by atoms with van der Waals surface area (Å²) < 4.78 is 10.4. The van der Waals surface area contributed by atoms with Gasteiger partial charge in [-0.3, -0.25) is 9.59 Å². The summed E-state index contributed by atoms with van der Waals surface area (Å²) in [7, 11) is 0. The van der Waals surface area contributed by atoms with Crippen LogP contribution in [0.1, 0.15) is 71.1 Å². The zero-order chi connectivity index (χ0) is 14.6. The molecule has 1 aliphatic rings. The van der Waals surface area contributed by atoms with Crippen molar-refractivity contribution in [2.45, 2.75) is 71.1 Å². The zero-order valence-electron chi connectivity index (χ0n) is 12.7. The number of rotatable bonds is 0. The fraction of sp³-hybridized carbons (Fsp3) is 0.875. The summed E-state index contributed by atoms with van der Waals surface area (Å²) in [6.07, 6.45) is 9.87. The van der Waals surface area contributed by atoms with Crippen molar-refractivity contribution in [3.8, 4) is 0 Å². The predicted octanol–water partition coefficient (Wildman–Crippen LogP) is 3.62. The maximum absolute atomic E-state index is 11.5. The van der Waals surface area contributed by atoms with Crippen LogP contribution in [0.25, 0.3) is 0 Å². The second-order valence-corrected chi connectivity index (χ2v) is 5.80. The summed E-state index contributed by atoms with van der Waals surface area (Å²) in [5, 5.41) is 0. The molecule has 0 aromatic heterocycles. The molecule has 0 N–H and O–H groups in total. The van der Waals surface area contributed by atoms with E-state index in [2.05, 4.69) is 0 Å². The van der Waals surface area contributed by atoms with Crippen molar-refractivity contribution in [3.63, 3.8) is 0 Å². The van der Waals surface area contributed by atoms with Crippen molar-refractivity contribution in [1.82, 2.24) is 0 Å². The van der Waals surface area contributed by atoms with Crippen LogP contribution < -0.4 is 0 Å². The number of carbonyl (C=O) groups is 2. The fourth-order valence-corrected chi connectivity index (χ4v) is 2.26. The summed E-state index contributed by atoms with van der Waals surface area (Å²) >= 11 is 0. The number of hydrogen-bond donors (Lipinski definition) is 0. The number of ether oxygens (including phenoxy) is 2. The molecule has 0 unspecified atom stereocenters. The molecular weight excluding hydrogens is 256 g/mol. The molecular formula is C16H28O4. The minimum Gasteiger partial charge on any atom is -0.465 e. The average Bonchev–Trinajstić information content (AvgIpc) is 2.44. The Morgan fingerprint density at radius 2 is 1.05 bits per heavy atom. The van der Waals surface area contributed by atoms with Crippen LogP contribution >= 0.6 is 0 Å². The van der Waals surface area contributed by atoms with Crippen LogP contribution in [-0.2, 0) is 19.1 Å². The first kappa shape index (κ1) is 17.0. The lowest BCUT2D eigenvalue weighted by atomic mass is 10.1. The Hall–Kier alpha value is -1.06. The molecule has 1 fully saturated rings. The summed E-state index contributed by atoms with van der Waals surface area (Å²) in [5.74, 6) is -0.196. The van der Waals surface area contributed by atoms with E-state index in [0.717, 1.165) is 25.7 Å². The van der Waals surface area contributed by atoms with Crippen LogP contribution in [0, 0.1) is 5.92 Å². The van der Waals surface area contributed by atoms with E-state index < -0.39 is 0 Å². The third kappa shape index (κ3) is 8.94. The van der Waals surface area contributed by atoms with Gasteiger partial charge in [0.2, 0.25) is 0 Å². The van der Waals surface area contributed by atoms with E-state index in [1.54, 1.807) is 0 Å². The lowest BCUT2D eigenvalue weighted by molar-refractivity contribution is -0.148. The highest BCUT2D eigenvalue weighted by molar-refractivity contribution is 5.69. The Kier molecular flexibility index (Phi) is 9.09. The summed E-state index contributed by atoms with van der Waals surface area (Å²) in [4.78, 5) is 23.0. The minimum atomic E-state index is -0.132. The van der Waals surface area contributed by atoms with Crippen molar-refractivity contribution >= 4 is 11.9 Å². The maximum atomic E-state index is 11.5. The molecule has 20 heavy (non-hydrogen) atoms. The standard InChI is InChI=1S/C16H28O4/c1-14-12-19-15(17)10-8-6-4-2-3-5-7-9-11-16(18)20-13-14/h14H,2-13H2,1H3. The Morgan fingerprint density at radius 3 is 1.45 bits per heavy atom. The van der Waals surface area contributed by atoms with Gasteiger partial charge < -0.3 is 9.47 Å². The zero-order valence-corrected chi connectivity index (χ0v) is 12.7. The predicted molar refractivity (Wildman–Crippen MR) is 77.3 cm³/mol. The third-order valence-electron chi connectivity index (χ3n) is 3.57. The van der Waals surface area contributed by atoms with Crippen LogP contribution in [0.15, 0.2) is 0 Å². The van der Waals surface area contributed by atoms with Gasteiger partial charge >= 0.3 is 11.9 Å². The quantitative estimate of drug-likeness (QED) is 0.637. The van der Waals surface area contributed by atoms with Crippen molar-refractivity contribution in [3.05, 3.63) is 0 Å². The SMILES string of the molecule is CC1COC(=O)CCCCCCCCCCC(=O)OC1. The van der Waals surface area contributed by atoms with E-state index in [0.29, 0.717) is 26.1 Å². The minimum absolute atomic E-state index is 0.0681. The summed E-state index contributed by atoms with van der Waals surface area (Å²) in [5.41, 5.74) is 0. The number of hydrogen-bond acceptors (Lipinski definition) is 4. The fourth-order valence-electron chi connectivity index (χ4n) is 2.26. The normalized spacial score (nSPS) is 22.6. The lowest BCUT2D eigenvalue weighted by Crippen LogP contribution is -2.18. The Bertz CT molecular complexity index is 260. The number of cyclic esters (lactones) is 2. The van der Waals surface area contributed by atoms with Crippen LogP contribution in [-0.4, -0.2) is 25.2 Å². The third-order valence-corrected chi connectivity index (χ3v) is 3.57. The molecule has 0 atom stereocenters. The van der Waals surface area contributed by atoms with E-state index in [4.69, 9.17) is 9.47 Å². The van der Waals surface area contributed by atoms with Crippen LogP contribution in [0.3, 0.4) is 0 Å². The molecule has 1 saturated heterocycles. The highest BCUT2D eigenvalue weighted by atomic mass is 16.5. The van der Waals surface area contributed by atoms with E-state index in [-0.39, 0.29) is 17.9 Å². The highest BCUT2D eigenvalue weighted by Gasteiger charge is 2.10. The second kappa shape index (κ2) is 10.7. The largest absolute Gasteiger partial charge is 0.465 e. The second-order valence-electron chi connectivity index (χ2n) is 5.80. The molecule has 116 valence electrons. The molecule has 1 heterocycles. The molecule has 0 bridgehead atoms. The van der Waals surface area contributed by atoms with Crippen molar-refractivity contribution < 1.29 is 19.1 Å². The van der Waals surface area contributed by atoms with Gasteiger partial charge in [0.25, 0.3) is 0 Å². The lowest BCUT2D eigenvalue weighted by Gasteiger charge is -2.12. The number of carbonyl (C=O) groups excluding carboxylic acids is 2. The van der Waals surface area contributed by atoms with Gasteiger partial charge in [0.15, 0.2) is 0 Å². The van der Waals surface area contributed by atoms with Gasteiger partial charge in [0.1, 0.15) is 0 Å². The molecule has 0 aromatic rings. The molecule has 4 heteroatoms. The smallest absolute Gasteiger partial charge is 0.305 e. The Labute approximate surface area is 122 Å². The van der Waals surface area contributed by atoms with Gasteiger partial charge in [0, 0.05) is 18.8 Å². The van der Waals surface area contributed by atoms with E-state index in [9.17, 15) is 9.59 Å². The molecule has 1 aliphatic heterocycles. The van der Waals surface area contributed by atoms with Gasteiger partial charge in [-0.05, 0) is 12.8 Å². The molecule has 4 nitrogen and oxygen atoms in total. The van der Waals surface area contributed by atoms with Gasteiger partial charge in [-0.2, -0.15) is 0 Å². The first-order valence-electron chi connectivity index (χ1n) is 7.99. The highest BCUT2D eigenvalue weighted by Crippen LogP contribution is 2.12. The first-order valence-corrected chi connectivity index (χ1v) is 7.99. The Morgan fingerprint density at radius 1 is 0.700 bits per heavy atom. The van der Waals surface area contributed by atoms with Crippen LogP contribution in [0.5, 0.6) is 0 Å². The van der Waals surface area contributed by atoms with E-state index in [1.165, 1.54) is 25.7 Å². The van der Waals surface area contributed by atoms with Gasteiger partial charge in [-0.15, -0.1) is 0 Å². The van der Waals surface area contributed by atoms with Crippen molar-refractivity contribution in [2.75, 3.05) is 13.2 Å². The Balaban J connectivity index is 2.31. The summed E-state index contributed by atoms with van der Waals surface area (Å²) in [6.45, 7) is 2.60. The van der Waals surface area contributed by atoms with E-state index >= 15 is 0 Å². The van der Waals surface area contributed by atoms with Crippen molar-refractivity contribution in [2.24, 2.45) is 5.92 Å². The van der Waals surface area contributed by atoms with Crippen LogP contribution in [0.4, 0.5) is 0 Å². The van der Waals surface area contributed by atoms with Gasteiger partial charge in [-0.25, -0.2) is 0 Å². The van der Waals surface area contributed by atoms with Gasteiger partial charge in [0.05, 0.1) is 13.2 Å². The monoisotopic (exact) mass is 284 g/mol. The molecule has 0 amide bonds. The van der Waals surface area contributed by atoms with Crippen molar-refractivity contribution in [1.29, 1.82) is 0 Å². The molecule has 0 aliphatic carbocycles. The van der Waals surface area contributed by atoms with Gasteiger partial charge in [-0.1, -0.05) is 45.4 Å². The first-order chi connectivity index (χ1) is 9.68. The number of esters is 2. The molecule has 1 rings (SSSR count). The topological polar surface area (TPSA) is 52.6 Å². The molecule has 0 aromatic carbocycles. The molecule has 0 spiro atoms.